The van der Waals surface area contributed by atoms with Gasteiger partial charge in [-0.2, -0.15) is 0 Å². The van der Waals surface area contributed by atoms with Gasteiger partial charge in [-0.1, -0.05) is 11.6 Å². The Bertz CT molecular complexity index is 362. The lowest BCUT2D eigenvalue weighted by atomic mass is 9.93. The first-order valence-corrected chi connectivity index (χ1v) is 7.13. The lowest BCUT2D eigenvalue weighted by molar-refractivity contribution is 0.172. The zero-order valence-corrected chi connectivity index (χ0v) is 11.8. The molecule has 2 heterocycles. The summed E-state index contributed by atoms with van der Waals surface area (Å²) in [5.74, 6) is 0.898. The van der Waals surface area contributed by atoms with E-state index in [4.69, 9.17) is 11.6 Å². The van der Waals surface area contributed by atoms with E-state index in [0.29, 0.717) is 5.15 Å². The van der Waals surface area contributed by atoms with Gasteiger partial charge in [-0.15, -0.1) is 0 Å². The third kappa shape index (κ3) is 4.23. The smallest absolute Gasteiger partial charge is 0.129 e. The number of aromatic nitrogens is 1. The molecular formula is C14H22ClN3. The molecule has 1 aromatic rings. The number of hydrogen-bond donors (Lipinski definition) is 1. The van der Waals surface area contributed by atoms with Crippen molar-refractivity contribution in [2.75, 3.05) is 26.7 Å². The second-order valence-corrected chi connectivity index (χ2v) is 5.49. The van der Waals surface area contributed by atoms with Crippen LogP contribution >= 0.6 is 11.6 Å². The van der Waals surface area contributed by atoms with Gasteiger partial charge in [0.2, 0.25) is 0 Å². The molecule has 0 saturated carbocycles. The Hall–Kier alpha value is -0.640. The number of piperidine rings is 1. The molecule has 0 amide bonds. The zero-order chi connectivity index (χ0) is 12.8. The first kappa shape index (κ1) is 13.8. The van der Waals surface area contributed by atoms with Gasteiger partial charge in [-0.05, 0) is 69.6 Å². The molecule has 0 bridgehead atoms. The summed E-state index contributed by atoms with van der Waals surface area (Å²) < 4.78 is 0. The molecule has 0 atom stereocenters. The van der Waals surface area contributed by atoms with E-state index in [0.717, 1.165) is 19.0 Å². The highest BCUT2D eigenvalue weighted by molar-refractivity contribution is 6.29. The second kappa shape index (κ2) is 7.07. The van der Waals surface area contributed by atoms with Crippen LogP contribution in [0.5, 0.6) is 0 Å². The van der Waals surface area contributed by atoms with Crippen LogP contribution in [0.2, 0.25) is 5.15 Å². The second-order valence-electron chi connectivity index (χ2n) is 5.10. The summed E-state index contributed by atoms with van der Waals surface area (Å²) in [4.78, 5) is 6.53. The number of nitrogens with zero attached hydrogens (tertiary/aromatic N) is 2. The minimum absolute atomic E-state index is 0.594. The van der Waals surface area contributed by atoms with Crippen molar-refractivity contribution < 1.29 is 0 Å². The van der Waals surface area contributed by atoms with Crippen molar-refractivity contribution in [2.45, 2.75) is 25.8 Å². The molecule has 0 unspecified atom stereocenters. The average Bonchev–Trinajstić information content (AvgIpc) is 2.38. The maximum Gasteiger partial charge on any atom is 0.129 e. The van der Waals surface area contributed by atoms with Crippen LogP contribution in [0.4, 0.5) is 0 Å². The minimum Gasteiger partial charge on any atom is -0.320 e. The van der Waals surface area contributed by atoms with E-state index in [9.17, 15) is 0 Å². The highest BCUT2D eigenvalue weighted by atomic mass is 35.5. The molecule has 4 heteroatoms. The summed E-state index contributed by atoms with van der Waals surface area (Å²) in [6.07, 6.45) is 5.74. The first-order chi connectivity index (χ1) is 8.78. The first-order valence-electron chi connectivity index (χ1n) is 6.75. The molecule has 0 spiro atoms. The molecular weight excluding hydrogens is 246 g/mol. The van der Waals surface area contributed by atoms with Gasteiger partial charge >= 0.3 is 0 Å². The van der Waals surface area contributed by atoms with Gasteiger partial charge in [0.25, 0.3) is 0 Å². The molecule has 1 aliphatic rings. The molecule has 1 N–H and O–H groups in total. The van der Waals surface area contributed by atoms with Crippen molar-refractivity contribution in [2.24, 2.45) is 5.92 Å². The maximum absolute atomic E-state index is 5.91. The molecule has 2 rings (SSSR count). The van der Waals surface area contributed by atoms with E-state index < -0.39 is 0 Å². The summed E-state index contributed by atoms with van der Waals surface area (Å²) in [5, 5.41) is 3.83. The van der Waals surface area contributed by atoms with E-state index in [1.165, 1.54) is 37.9 Å². The molecule has 100 valence electrons. The van der Waals surface area contributed by atoms with E-state index in [1.54, 1.807) is 6.20 Å². The van der Waals surface area contributed by atoms with Crippen molar-refractivity contribution in [3.8, 4) is 0 Å². The molecule has 0 radical (unpaired) electrons. The van der Waals surface area contributed by atoms with E-state index in [-0.39, 0.29) is 0 Å². The molecule has 1 aromatic heterocycles. The number of pyridine rings is 1. The minimum atomic E-state index is 0.594. The third-order valence-corrected chi connectivity index (χ3v) is 3.91. The van der Waals surface area contributed by atoms with Gasteiger partial charge in [0.05, 0.1) is 0 Å². The highest BCUT2D eigenvalue weighted by Gasteiger charge is 2.18. The van der Waals surface area contributed by atoms with Gasteiger partial charge in [0, 0.05) is 12.7 Å². The Morgan fingerprint density at radius 3 is 2.89 bits per heavy atom. The quantitative estimate of drug-likeness (QED) is 0.831. The van der Waals surface area contributed by atoms with Gasteiger partial charge < -0.3 is 5.32 Å². The predicted molar refractivity (Wildman–Crippen MR) is 75.8 cm³/mol. The predicted octanol–water partition coefficient (Wildman–Crippen LogP) is 2.56. The van der Waals surface area contributed by atoms with Crippen molar-refractivity contribution in [1.29, 1.82) is 0 Å². The fourth-order valence-corrected chi connectivity index (χ4v) is 2.78. The van der Waals surface area contributed by atoms with Crippen LogP contribution in [0.25, 0.3) is 0 Å². The number of nitrogens with one attached hydrogen (secondary N) is 1. The van der Waals surface area contributed by atoms with Crippen molar-refractivity contribution in [3.05, 3.63) is 29.0 Å². The van der Waals surface area contributed by atoms with Crippen LogP contribution in [-0.4, -0.2) is 36.6 Å². The number of rotatable bonds is 5. The van der Waals surface area contributed by atoms with Gasteiger partial charge in [-0.25, -0.2) is 4.98 Å². The average molecular weight is 268 g/mol. The van der Waals surface area contributed by atoms with Crippen LogP contribution in [-0.2, 0) is 6.54 Å². The molecule has 18 heavy (non-hydrogen) atoms. The summed E-state index contributed by atoms with van der Waals surface area (Å²) in [5.41, 5.74) is 1.27. The fourth-order valence-electron chi connectivity index (χ4n) is 2.58. The summed E-state index contributed by atoms with van der Waals surface area (Å²) in [6.45, 7) is 4.55. The Labute approximate surface area is 115 Å². The molecule has 0 aliphatic carbocycles. The van der Waals surface area contributed by atoms with Crippen LogP contribution < -0.4 is 5.32 Å². The lowest BCUT2D eigenvalue weighted by Crippen LogP contribution is -2.34. The molecule has 3 nitrogen and oxygen atoms in total. The Morgan fingerprint density at radius 2 is 2.22 bits per heavy atom. The van der Waals surface area contributed by atoms with Crippen LogP contribution in [0, 0.1) is 5.92 Å². The van der Waals surface area contributed by atoms with Gasteiger partial charge in [0.15, 0.2) is 0 Å². The van der Waals surface area contributed by atoms with Crippen molar-refractivity contribution in [3.63, 3.8) is 0 Å². The van der Waals surface area contributed by atoms with Crippen LogP contribution in [0.3, 0.4) is 0 Å². The summed E-state index contributed by atoms with van der Waals surface area (Å²) in [7, 11) is 2.03. The molecule has 0 aromatic carbocycles. The monoisotopic (exact) mass is 267 g/mol. The standard InChI is InChI=1S/C14H22ClN3/c1-16-6-2-12-4-8-18(9-5-12)11-13-3-7-17-14(15)10-13/h3,7,10,12,16H,2,4-6,8-9,11H2,1H3. The van der Waals surface area contributed by atoms with Gasteiger partial charge in [0.1, 0.15) is 5.15 Å². The number of likely N-dealkylation sites (tertiary alicyclic amines) is 1. The lowest BCUT2D eigenvalue weighted by Gasteiger charge is -2.32. The van der Waals surface area contributed by atoms with Crippen molar-refractivity contribution in [1.82, 2.24) is 15.2 Å². The Balaban J connectivity index is 1.76. The fraction of sp³-hybridized carbons (Fsp3) is 0.643. The Kier molecular flexibility index (Phi) is 5.42. The normalized spacial score (nSPS) is 18.1. The third-order valence-electron chi connectivity index (χ3n) is 3.71. The molecule has 1 fully saturated rings. The highest BCUT2D eigenvalue weighted by Crippen LogP contribution is 2.21. The van der Waals surface area contributed by atoms with Crippen LogP contribution in [0.15, 0.2) is 18.3 Å². The SMILES string of the molecule is CNCCC1CCN(Cc2ccnc(Cl)c2)CC1. The Morgan fingerprint density at radius 1 is 1.44 bits per heavy atom. The van der Waals surface area contributed by atoms with Crippen molar-refractivity contribution >= 4 is 11.6 Å². The van der Waals surface area contributed by atoms with E-state index in [2.05, 4.69) is 21.3 Å². The zero-order valence-electron chi connectivity index (χ0n) is 11.0. The number of halogens is 1. The van der Waals surface area contributed by atoms with E-state index in [1.807, 2.05) is 13.1 Å². The summed E-state index contributed by atoms with van der Waals surface area (Å²) in [6, 6.07) is 4.02. The van der Waals surface area contributed by atoms with Crippen LogP contribution in [0.1, 0.15) is 24.8 Å². The van der Waals surface area contributed by atoms with Gasteiger partial charge in [-0.3, -0.25) is 4.90 Å². The topological polar surface area (TPSA) is 28.2 Å². The molecule has 1 saturated heterocycles. The van der Waals surface area contributed by atoms with E-state index >= 15 is 0 Å². The molecule has 1 aliphatic heterocycles. The number of hydrogen-bond acceptors (Lipinski definition) is 3. The maximum atomic E-state index is 5.91. The largest absolute Gasteiger partial charge is 0.320 e. The summed E-state index contributed by atoms with van der Waals surface area (Å²) >= 11 is 5.91.